The lowest BCUT2D eigenvalue weighted by Crippen LogP contribution is -2.53. The minimum atomic E-state index is -0.194. The first-order chi connectivity index (χ1) is 8.31. The van der Waals surface area contributed by atoms with Gasteiger partial charge in [0.15, 0.2) is 0 Å². The first-order valence-corrected chi connectivity index (χ1v) is 6.10. The second-order valence-corrected chi connectivity index (χ2v) is 4.43. The Balaban J connectivity index is 1.84. The van der Waals surface area contributed by atoms with Crippen LogP contribution in [0.25, 0.3) is 0 Å². The van der Waals surface area contributed by atoms with Gasteiger partial charge in [-0.2, -0.15) is 0 Å². The molecule has 1 amide bonds. The Kier molecular flexibility index (Phi) is 4.73. The van der Waals surface area contributed by atoms with Gasteiger partial charge in [0, 0.05) is 25.6 Å². The maximum atomic E-state index is 12.1. The molecule has 0 saturated carbocycles. The quantitative estimate of drug-likeness (QED) is 0.638. The molecule has 0 aromatic carbocycles. The van der Waals surface area contributed by atoms with Crippen LogP contribution >= 0.6 is 0 Å². The zero-order valence-electron chi connectivity index (χ0n) is 9.93. The summed E-state index contributed by atoms with van der Waals surface area (Å²) >= 11 is 0. The summed E-state index contributed by atoms with van der Waals surface area (Å²) in [6, 6.07) is -0.0980. The molecule has 0 bridgehead atoms. The molecule has 2 rings (SSSR count). The Labute approximate surface area is 101 Å². The fourth-order valence-electron chi connectivity index (χ4n) is 2.21. The van der Waals surface area contributed by atoms with Crippen LogP contribution in [-0.4, -0.2) is 74.1 Å². The molecule has 2 N–H and O–H groups in total. The average Bonchev–Trinajstić information content (AvgIpc) is 2.40. The van der Waals surface area contributed by atoms with Gasteiger partial charge in [0.2, 0.25) is 5.91 Å². The molecule has 98 valence electrons. The third kappa shape index (κ3) is 3.38. The number of nitrogens with one attached hydrogen (secondary N) is 1. The number of amides is 1. The lowest BCUT2D eigenvalue weighted by molar-refractivity contribution is -0.142. The lowest BCUT2D eigenvalue weighted by atomic mass is 10.1. The highest BCUT2D eigenvalue weighted by Gasteiger charge is 2.28. The van der Waals surface area contributed by atoms with Crippen molar-refractivity contribution in [3.05, 3.63) is 0 Å². The molecule has 0 aromatic heterocycles. The molecule has 0 aromatic rings. The van der Waals surface area contributed by atoms with Crippen molar-refractivity contribution in [3.63, 3.8) is 0 Å². The van der Waals surface area contributed by atoms with E-state index in [4.69, 9.17) is 9.47 Å². The van der Waals surface area contributed by atoms with Crippen molar-refractivity contribution in [1.82, 2.24) is 10.2 Å². The summed E-state index contributed by atoms with van der Waals surface area (Å²) in [6.45, 7) is 3.59. The molecule has 0 radical (unpaired) electrons. The van der Waals surface area contributed by atoms with Crippen LogP contribution in [0.15, 0.2) is 0 Å². The van der Waals surface area contributed by atoms with Gasteiger partial charge < -0.3 is 24.8 Å². The molecule has 6 nitrogen and oxygen atoms in total. The molecule has 2 saturated heterocycles. The van der Waals surface area contributed by atoms with Gasteiger partial charge in [0.1, 0.15) is 0 Å². The fraction of sp³-hybridized carbons (Fsp3) is 0.909. The van der Waals surface area contributed by atoms with Crippen LogP contribution in [0.3, 0.4) is 0 Å². The Morgan fingerprint density at radius 1 is 1.35 bits per heavy atom. The maximum Gasteiger partial charge on any atom is 0.224 e. The van der Waals surface area contributed by atoms with E-state index in [0.29, 0.717) is 39.4 Å². The predicted octanol–water partition coefficient (Wildman–Crippen LogP) is -1.42. The number of nitrogens with zero attached hydrogens (tertiary/aromatic N) is 1. The van der Waals surface area contributed by atoms with E-state index < -0.39 is 0 Å². The lowest BCUT2D eigenvalue weighted by Gasteiger charge is -2.35. The van der Waals surface area contributed by atoms with Crippen molar-refractivity contribution in [1.29, 1.82) is 0 Å². The minimum Gasteiger partial charge on any atom is -0.394 e. The Bertz CT molecular complexity index is 256. The number of hydrogen-bond donors (Lipinski definition) is 2. The van der Waals surface area contributed by atoms with Crippen LogP contribution in [-0.2, 0) is 14.3 Å². The van der Waals surface area contributed by atoms with Gasteiger partial charge in [-0.05, 0) is 0 Å². The number of aliphatic hydroxyl groups excluding tert-OH is 1. The molecular weight excluding hydrogens is 224 g/mol. The molecule has 17 heavy (non-hydrogen) atoms. The minimum absolute atomic E-state index is 0.0413. The number of morpholine rings is 2. The Hall–Kier alpha value is -0.690. The van der Waals surface area contributed by atoms with Crippen LogP contribution in [0.1, 0.15) is 6.42 Å². The summed E-state index contributed by atoms with van der Waals surface area (Å²) in [4.78, 5) is 13.8. The molecule has 2 atom stereocenters. The third-order valence-electron chi connectivity index (χ3n) is 3.18. The van der Waals surface area contributed by atoms with Crippen molar-refractivity contribution in [2.75, 3.05) is 46.1 Å². The van der Waals surface area contributed by atoms with E-state index in [1.54, 1.807) is 4.90 Å². The van der Waals surface area contributed by atoms with Crippen LogP contribution in [0.4, 0.5) is 0 Å². The molecular formula is C11H20N2O4. The van der Waals surface area contributed by atoms with Gasteiger partial charge in [-0.25, -0.2) is 0 Å². The summed E-state index contributed by atoms with van der Waals surface area (Å²) in [5.74, 6) is 0.0651. The summed E-state index contributed by atoms with van der Waals surface area (Å²) in [5.41, 5.74) is 0. The number of carbonyl (C=O) groups excluding carboxylic acids is 1. The van der Waals surface area contributed by atoms with Gasteiger partial charge in [-0.3, -0.25) is 4.79 Å². The topological polar surface area (TPSA) is 71.0 Å². The highest BCUT2D eigenvalue weighted by Crippen LogP contribution is 2.10. The van der Waals surface area contributed by atoms with E-state index in [-0.39, 0.29) is 24.6 Å². The summed E-state index contributed by atoms with van der Waals surface area (Å²) in [5, 5.41) is 12.5. The third-order valence-corrected chi connectivity index (χ3v) is 3.18. The van der Waals surface area contributed by atoms with Crippen molar-refractivity contribution in [2.24, 2.45) is 0 Å². The van der Waals surface area contributed by atoms with E-state index in [2.05, 4.69) is 5.32 Å². The van der Waals surface area contributed by atoms with E-state index in [0.717, 1.165) is 6.54 Å². The number of rotatable bonds is 3. The highest BCUT2D eigenvalue weighted by atomic mass is 16.5. The SMILES string of the molecule is O=C(CC1COCCN1)N1CCOCC1CO. The maximum absolute atomic E-state index is 12.1. The first-order valence-electron chi connectivity index (χ1n) is 6.10. The first kappa shape index (κ1) is 12.8. The molecule has 2 fully saturated rings. The van der Waals surface area contributed by atoms with Gasteiger partial charge >= 0.3 is 0 Å². The fourth-order valence-corrected chi connectivity index (χ4v) is 2.21. The largest absolute Gasteiger partial charge is 0.394 e. The van der Waals surface area contributed by atoms with Crippen molar-refractivity contribution in [2.45, 2.75) is 18.5 Å². The van der Waals surface area contributed by atoms with Crippen LogP contribution in [0.5, 0.6) is 0 Å². The number of aliphatic hydroxyl groups is 1. The molecule has 2 heterocycles. The number of ether oxygens (including phenoxy) is 2. The average molecular weight is 244 g/mol. The monoisotopic (exact) mass is 244 g/mol. The molecule has 0 aliphatic carbocycles. The van der Waals surface area contributed by atoms with E-state index in [9.17, 15) is 9.90 Å². The predicted molar refractivity (Wildman–Crippen MR) is 60.6 cm³/mol. The summed E-state index contributed by atoms with van der Waals surface area (Å²) < 4.78 is 10.6. The Morgan fingerprint density at radius 3 is 2.88 bits per heavy atom. The second kappa shape index (κ2) is 6.30. The molecule has 0 spiro atoms. The highest BCUT2D eigenvalue weighted by molar-refractivity contribution is 5.77. The van der Waals surface area contributed by atoms with Crippen molar-refractivity contribution < 1.29 is 19.4 Å². The normalized spacial score (nSPS) is 30.3. The van der Waals surface area contributed by atoms with E-state index >= 15 is 0 Å². The van der Waals surface area contributed by atoms with Gasteiger partial charge in [0.25, 0.3) is 0 Å². The van der Waals surface area contributed by atoms with Crippen LogP contribution in [0.2, 0.25) is 0 Å². The zero-order valence-corrected chi connectivity index (χ0v) is 9.93. The smallest absolute Gasteiger partial charge is 0.224 e. The van der Waals surface area contributed by atoms with Gasteiger partial charge in [-0.1, -0.05) is 0 Å². The van der Waals surface area contributed by atoms with Crippen molar-refractivity contribution >= 4 is 5.91 Å². The van der Waals surface area contributed by atoms with Crippen LogP contribution < -0.4 is 5.32 Å². The van der Waals surface area contributed by atoms with Gasteiger partial charge in [0.05, 0.1) is 39.1 Å². The summed E-state index contributed by atoms with van der Waals surface area (Å²) in [7, 11) is 0. The standard InChI is InChI=1S/C11H20N2O4/c14-6-10-8-17-4-2-13(10)11(15)5-9-7-16-3-1-12-9/h9-10,12,14H,1-8H2. The molecule has 2 aliphatic rings. The molecule has 2 unspecified atom stereocenters. The van der Waals surface area contributed by atoms with E-state index in [1.165, 1.54) is 0 Å². The number of carbonyl (C=O) groups is 1. The van der Waals surface area contributed by atoms with Gasteiger partial charge in [-0.15, -0.1) is 0 Å². The molecule has 2 aliphatic heterocycles. The van der Waals surface area contributed by atoms with Crippen molar-refractivity contribution in [3.8, 4) is 0 Å². The van der Waals surface area contributed by atoms with E-state index in [1.807, 2.05) is 0 Å². The Morgan fingerprint density at radius 2 is 2.18 bits per heavy atom. The van der Waals surface area contributed by atoms with Crippen LogP contribution in [0, 0.1) is 0 Å². The number of hydrogen-bond acceptors (Lipinski definition) is 5. The second-order valence-electron chi connectivity index (χ2n) is 4.43. The molecule has 6 heteroatoms. The zero-order chi connectivity index (χ0) is 12.1. The summed E-state index contributed by atoms with van der Waals surface area (Å²) in [6.07, 6.45) is 0.427.